The maximum atomic E-state index is 11.6. The summed E-state index contributed by atoms with van der Waals surface area (Å²) in [6.07, 6.45) is 0. The number of amides is 1. The van der Waals surface area contributed by atoms with Crippen LogP contribution in [0.15, 0.2) is 22.7 Å². The third kappa shape index (κ3) is 3.21. The van der Waals surface area contributed by atoms with E-state index < -0.39 is 0 Å². The van der Waals surface area contributed by atoms with E-state index in [1.807, 2.05) is 0 Å². The van der Waals surface area contributed by atoms with Crippen LogP contribution in [0.2, 0.25) is 0 Å². The summed E-state index contributed by atoms with van der Waals surface area (Å²) in [6, 6.07) is 5.25. The summed E-state index contributed by atoms with van der Waals surface area (Å²) >= 11 is 3.27. The van der Waals surface area contributed by atoms with Crippen molar-refractivity contribution in [2.24, 2.45) is 0 Å². The van der Waals surface area contributed by atoms with Crippen LogP contribution in [0.1, 0.15) is 10.4 Å². The minimum atomic E-state index is -0.189. The third-order valence-electron chi connectivity index (χ3n) is 1.89. The summed E-state index contributed by atoms with van der Waals surface area (Å²) in [6.45, 7) is 0.959. The number of nitrogens with two attached hydrogens (primary N) is 1. The van der Waals surface area contributed by atoms with Crippen molar-refractivity contribution in [1.82, 2.24) is 5.32 Å². The average Bonchev–Trinajstić information content (AvgIpc) is 2.22. The van der Waals surface area contributed by atoms with Gasteiger partial charge in [0, 0.05) is 18.1 Å². The zero-order chi connectivity index (χ0) is 11.3. The normalized spacial score (nSPS) is 10.0. The largest absolute Gasteiger partial charge is 0.397 e. The molecule has 0 radical (unpaired) electrons. The fourth-order valence-corrected chi connectivity index (χ4v) is 1.46. The number of nitrogens with one attached hydrogen (secondary N) is 1. The van der Waals surface area contributed by atoms with Gasteiger partial charge in [0.2, 0.25) is 0 Å². The van der Waals surface area contributed by atoms with Gasteiger partial charge in [0.15, 0.2) is 0 Å². The summed E-state index contributed by atoms with van der Waals surface area (Å²) < 4.78 is 5.55. The van der Waals surface area contributed by atoms with Gasteiger partial charge in [-0.05, 0) is 28.1 Å². The zero-order valence-corrected chi connectivity index (χ0v) is 10.0. The number of methoxy groups -OCH3 is 1. The van der Waals surface area contributed by atoms with Crippen LogP contribution in [0.25, 0.3) is 0 Å². The second-order valence-electron chi connectivity index (χ2n) is 2.95. The number of anilines is 1. The molecule has 4 nitrogen and oxygen atoms in total. The van der Waals surface area contributed by atoms with Crippen molar-refractivity contribution in [3.8, 4) is 0 Å². The number of para-hydroxylation sites is 1. The maximum absolute atomic E-state index is 11.6. The summed E-state index contributed by atoms with van der Waals surface area (Å²) in [5.41, 5.74) is 6.67. The van der Waals surface area contributed by atoms with Crippen molar-refractivity contribution in [1.29, 1.82) is 0 Å². The molecule has 0 saturated heterocycles. The first kappa shape index (κ1) is 12.0. The molecule has 0 heterocycles. The number of hydrogen-bond donors (Lipinski definition) is 2. The first-order chi connectivity index (χ1) is 7.16. The highest BCUT2D eigenvalue weighted by molar-refractivity contribution is 9.10. The van der Waals surface area contributed by atoms with Crippen molar-refractivity contribution < 1.29 is 9.53 Å². The summed E-state index contributed by atoms with van der Waals surface area (Å²) in [4.78, 5) is 11.6. The first-order valence-corrected chi connectivity index (χ1v) is 5.27. The Morgan fingerprint density at radius 2 is 2.33 bits per heavy atom. The fraction of sp³-hybridized carbons (Fsp3) is 0.300. The van der Waals surface area contributed by atoms with Crippen molar-refractivity contribution >= 4 is 27.5 Å². The molecular weight excluding hydrogens is 260 g/mol. The molecule has 1 aromatic rings. The van der Waals surface area contributed by atoms with Crippen LogP contribution < -0.4 is 11.1 Å². The van der Waals surface area contributed by atoms with Gasteiger partial charge in [0.25, 0.3) is 5.91 Å². The second-order valence-corrected chi connectivity index (χ2v) is 3.80. The molecule has 0 saturated carbocycles. The van der Waals surface area contributed by atoms with Crippen molar-refractivity contribution in [2.45, 2.75) is 0 Å². The Kier molecular flexibility index (Phi) is 4.58. The molecule has 5 heteroatoms. The molecule has 15 heavy (non-hydrogen) atoms. The van der Waals surface area contributed by atoms with Gasteiger partial charge in [-0.3, -0.25) is 4.79 Å². The van der Waals surface area contributed by atoms with Crippen LogP contribution in [-0.4, -0.2) is 26.2 Å². The van der Waals surface area contributed by atoms with Gasteiger partial charge in [-0.2, -0.15) is 0 Å². The lowest BCUT2D eigenvalue weighted by Gasteiger charge is -2.07. The Bertz CT molecular complexity index is 355. The van der Waals surface area contributed by atoms with E-state index in [2.05, 4.69) is 21.2 Å². The van der Waals surface area contributed by atoms with E-state index in [-0.39, 0.29) is 5.91 Å². The molecule has 0 bridgehead atoms. The molecule has 0 unspecified atom stereocenters. The molecule has 1 aromatic carbocycles. The van der Waals surface area contributed by atoms with E-state index in [9.17, 15) is 4.79 Å². The zero-order valence-electron chi connectivity index (χ0n) is 8.42. The number of carbonyl (C=O) groups is 1. The van der Waals surface area contributed by atoms with E-state index >= 15 is 0 Å². The predicted molar refractivity (Wildman–Crippen MR) is 62.8 cm³/mol. The Hall–Kier alpha value is -1.07. The fourth-order valence-electron chi connectivity index (χ4n) is 1.10. The molecule has 82 valence electrons. The molecule has 0 aromatic heterocycles. The van der Waals surface area contributed by atoms with Gasteiger partial charge in [-0.1, -0.05) is 6.07 Å². The Morgan fingerprint density at radius 3 is 3.00 bits per heavy atom. The SMILES string of the molecule is COCCNC(=O)c1cccc(Br)c1N. The molecular formula is C10H13BrN2O2. The number of nitrogen functional groups attached to an aromatic ring is 1. The second kappa shape index (κ2) is 5.72. The van der Waals surface area contributed by atoms with Gasteiger partial charge >= 0.3 is 0 Å². The maximum Gasteiger partial charge on any atom is 0.253 e. The summed E-state index contributed by atoms with van der Waals surface area (Å²) in [5.74, 6) is -0.189. The Balaban J connectivity index is 2.69. The summed E-state index contributed by atoms with van der Waals surface area (Å²) in [7, 11) is 1.58. The molecule has 0 aliphatic rings. The van der Waals surface area contributed by atoms with Gasteiger partial charge in [-0.15, -0.1) is 0 Å². The molecule has 1 amide bonds. The van der Waals surface area contributed by atoms with E-state index in [4.69, 9.17) is 10.5 Å². The highest BCUT2D eigenvalue weighted by Gasteiger charge is 2.10. The van der Waals surface area contributed by atoms with Gasteiger partial charge in [0.05, 0.1) is 17.9 Å². The average molecular weight is 273 g/mol. The van der Waals surface area contributed by atoms with E-state index in [0.29, 0.717) is 24.4 Å². The highest BCUT2D eigenvalue weighted by Crippen LogP contribution is 2.22. The smallest absolute Gasteiger partial charge is 0.253 e. The monoisotopic (exact) mass is 272 g/mol. The van der Waals surface area contributed by atoms with E-state index in [1.54, 1.807) is 25.3 Å². The molecule has 0 fully saturated rings. The van der Waals surface area contributed by atoms with Gasteiger partial charge < -0.3 is 15.8 Å². The van der Waals surface area contributed by atoms with Crippen molar-refractivity contribution in [2.75, 3.05) is 26.0 Å². The molecule has 0 spiro atoms. The number of halogens is 1. The standard InChI is InChI=1S/C10H13BrN2O2/c1-15-6-5-13-10(14)7-3-2-4-8(11)9(7)12/h2-4H,5-6,12H2,1H3,(H,13,14). The lowest BCUT2D eigenvalue weighted by Crippen LogP contribution is -2.27. The third-order valence-corrected chi connectivity index (χ3v) is 2.58. The van der Waals surface area contributed by atoms with E-state index in [0.717, 1.165) is 4.47 Å². The van der Waals surface area contributed by atoms with Gasteiger partial charge in [0.1, 0.15) is 0 Å². The molecule has 0 aliphatic carbocycles. The van der Waals surface area contributed by atoms with Crippen LogP contribution >= 0.6 is 15.9 Å². The summed E-state index contributed by atoms with van der Waals surface area (Å²) in [5, 5.41) is 2.70. The first-order valence-electron chi connectivity index (χ1n) is 4.48. The van der Waals surface area contributed by atoms with Crippen LogP contribution in [-0.2, 0) is 4.74 Å². The van der Waals surface area contributed by atoms with Crippen LogP contribution in [0.4, 0.5) is 5.69 Å². The molecule has 0 aliphatic heterocycles. The number of carbonyl (C=O) groups excluding carboxylic acids is 1. The number of hydrogen-bond acceptors (Lipinski definition) is 3. The van der Waals surface area contributed by atoms with Crippen LogP contribution in [0, 0.1) is 0 Å². The topological polar surface area (TPSA) is 64.3 Å². The molecule has 3 N–H and O–H groups in total. The quantitative estimate of drug-likeness (QED) is 0.644. The van der Waals surface area contributed by atoms with Crippen LogP contribution in [0.3, 0.4) is 0 Å². The minimum Gasteiger partial charge on any atom is -0.397 e. The molecule has 1 rings (SSSR count). The predicted octanol–water partition coefficient (Wildman–Crippen LogP) is 1.41. The van der Waals surface area contributed by atoms with Gasteiger partial charge in [-0.25, -0.2) is 0 Å². The Labute approximate surface area is 96.9 Å². The number of ether oxygens (including phenoxy) is 1. The van der Waals surface area contributed by atoms with Crippen molar-refractivity contribution in [3.63, 3.8) is 0 Å². The number of benzene rings is 1. The Morgan fingerprint density at radius 1 is 1.60 bits per heavy atom. The lowest BCUT2D eigenvalue weighted by atomic mass is 10.1. The lowest BCUT2D eigenvalue weighted by molar-refractivity contribution is 0.0938. The van der Waals surface area contributed by atoms with Crippen molar-refractivity contribution in [3.05, 3.63) is 28.2 Å². The molecule has 0 atom stereocenters. The number of rotatable bonds is 4. The minimum absolute atomic E-state index is 0.189. The van der Waals surface area contributed by atoms with E-state index in [1.165, 1.54) is 0 Å². The highest BCUT2D eigenvalue weighted by atomic mass is 79.9. The van der Waals surface area contributed by atoms with Crippen LogP contribution in [0.5, 0.6) is 0 Å².